The van der Waals surface area contributed by atoms with E-state index < -0.39 is 23.3 Å². The number of esters is 3. The number of nitrogens with zero attached hydrogens (tertiary/aromatic N) is 2. The van der Waals surface area contributed by atoms with Crippen LogP contribution >= 0.6 is 0 Å². The topological polar surface area (TPSA) is 146 Å². The van der Waals surface area contributed by atoms with Crippen molar-refractivity contribution in [2.75, 3.05) is 39.5 Å². The van der Waals surface area contributed by atoms with E-state index in [0.29, 0.717) is 31.4 Å². The molecule has 2 heterocycles. The first-order valence-corrected chi connectivity index (χ1v) is 22.6. The van der Waals surface area contributed by atoms with Crippen LogP contribution in [0.1, 0.15) is 157 Å². The average Bonchev–Trinajstić information content (AvgIpc) is 3.53. The number of para-hydroxylation sites is 1. The van der Waals surface area contributed by atoms with Crippen molar-refractivity contribution in [1.82, 2.24) is 9.80 Å². The highest BCUT2D eigenvalue weighted by molar-refractivity contribution is 5.82. The first-order chi connectivity index (χ1) is 28.4. The predicted molar refractivity (Wildman–Crippen MR) is 226 cm³/mol. The fraction of sp³-hybridized carbons (Fsp3) is 0.745. The number of ether oxygens (including phenoxy) is 4. The van der Waals surface area contributed by atoms with Gasteiger partial charge in [-0.25, -0.2) is 0 Å². The molecule has 12 nitrogen and oxygen atoms in total. The molecule has 2 aliphatic heterocycles. The molecule has 0 radical (unpaired) electrons. The minimum absolute atomic E-state index is 0.0181. The predicted octanol–water partition coefficient (Wildman–Crippen LogP) is 8.42. The van der Waals surface area contributed by atoms with E-state index in [4.69, 9.17) is 18.9 Å². The van der Waals surface area contributed by atoms with E-state index in [9.17, 15) is 28.8 Å². The highest BCUT2D eigenvalue weighted by atomic mass is 16.6. The van der Waals surface area contributed by atoms with Gasteiger partial charge in [0.1, 0.15) is 38.0 Å². The summed E-state index contributed by atoms with van der Waals surface area (Å²) in [4.78, 5) is 81.5. The standard InChI is InChI=1S/C47H74N2O10/c1-6-8-23-41(50)36(3)35-37(26-27-44(53)57-32-31-56-40-21-11-9-12-22-40)45(54)58-33-34-59-46(55)47(4,5)28-16-20-39(49-29-14-10-13-24-42(49)51)19-15-18-38(7-2)48-30-17-25-43(48)52/h9,11-12,21-22,36-39H,6-8,10,13-20,23-35H2,1-5H3. The zero-order valence-electron chi connectivity index (χ0n) is 36.9. The molecule has 332 valence electrons. The van der Waals surface area contributed by atoms with Gasteiger partial charge in [-0.3, -0.25) is 28.8 Å². The van der Waals surface area contributed by atoms with Crippen LogP contribution in [0.2, 0.25) is 0 Å². The Hall–Kier alpha value is -3.96. The Morgan fingerprint density at radius 3 is 2.07 bits per heavy atom. The van der Waals surface area contributed by atoms with E-state index in [-0.39, 0.29) is 87.3 Å². The number of hydrogen-bond donors (Lipinski definition) is 0. The zero-order valence-corrected chi connectivity index (χ0v) is 36.9. The van der Waals surface area contributed by atoms with Crippen molar-refractivity contribution >= 4 is 35.5 Å². The molecule has 0 N–H and O–H groups in total. The lowest BCUT2D eigenvalue weighted by Gasteiger charge is -2.33. The van der Waals surface area contributed by atoms with Crippen LogP contribution in [0.25, 0.3) is 0 Å². The number of ketones is 1. The Labute approximate surface area is 353 Å². The largest absolute Gasteiger partial charge is 0.490 e. The highest BCUT2D eigenvalue weighted by Crippen LogP contribution is 2.29. The molecule has 2 amide bonds. The van der Waals surface area contributed by atoms with Gasteiger partial charge in [0, 0.05) is 56.8 Å². The van der Waals surface area contributed by atoms with Crippen LogP contribution in [0.15, 0.2) is 30.3 Å². The molecule has 0 bridgehead atoms. The molecule has 0 aliphatic carbocycles. The van der Waals surface area contributed by atoms with Crippen molar-refractivity contribution in [1.29, 1.82) is 0 Å². The monoisotopic (exact) mass is 827 g/mol. The van der Waals surface area contributed by atoms with Gasteiger partial charge in [0.2, 0.25) is 11.8 Å². The van der Waals surface area contributed by atoms with Crippen LogP contribution in [0.5, 0.6) is 5.75 Å². The summed E-state index contributed by atoms with van der Waals surface area (Å²) >= 11 is 0. The fourth-order valence-corrected chi connectivity index (χ4v) is 8.23. The third kappa shape index (κ3) is 18.1. The van der Waals surface area contributed by atoms with E-state index in [1.807, 2.05) is 56.0 Å². The van der Waals surface area contributed by atoms with Crippen LogP contribution in [0, 0.1) is 17.3 Å². The third-order valence-electron chi connectivity index (χ3n) is 12.0. The van der Waals surface area contributed by atoms with Crippen LogP contribution < -0.4 is 4.74 Å². The molecule has 0 spiro atoms. The van der Waals surface area contributed by atoms with Crippen LogP contribution in [-0.4, -0.2) is 96.9 Å². The highest BCUT2D eigenvalue weighted by Gasteiger charge is 2.32. The van der Waals surface area contributed by atoms with Crippen molar-refractivity contribution in [3.63, 3.8) is 0 Å². The van der Waals surface area contributed by atoms with Gasteiger partial charge in [0.05, 0.1) is 11.3 Å². The van der Waals surface area contributed by atoms with Gasteiger partial charge in [0.25, 0.3) is 0 Å². The van der Waals surface area contributed by atoms with E-state index in [1.165, 1.54) is 0 Å². The Morgan fingerprint density at radius 1 is 0.712 bits per heavy atom. The van der Waals surface area contributed by atoms with Gasteiger partial charge in [-0.1, -0.05) is 58.2 Å². The summed E-state index contributed by atoms with van der Waals surface area (Å²) in [5, 5.41) is 0. The molecule has 4 unspecified atom stereocenters. The lowest BCUT2D eigenvalue weighted by molar-refractivity contribution is -0.161. The van der Waals surface area contributed by atoms with Crippen molar-refractivity contribution < 1.29 is 47.7 Å². The van der Waals surface area contributed by atoms with Crippen LogP contribution in [0.4, 0.5) is 0 Å². The maximum absolute atomic E-state index is 13.3. The van der Waals surface area contributed by atoms with E-state index in [0.717, 1.165) is 90.1 Å². The molecule has 2 saturated heterocycles. The van der Waals surface area contributed by atoms with Crippen molar-refractivity contribution in [3.8, 4) is 5.75 Å². The molecule has 2 aliphatic rings. The van der Waals surface area contributed by atoms with Gasteiger partial charge in [-0.2, -0.15) is 0 Å². The Bertz CT molecular complexity index is 1450. The molecular weight excluding hydrogens is 753 g/mol. The Balaban J connectivity index is 1.47. The smallest absolute Gasteiger partial charge is 0.311 e. The number of hydrogen-bond acceptors (Lipinski definition) is 10. The molecule has 3 rings (SSSR count). The zero-order chi connectivity index (χ0) is 43.0. The van der Waals surface area contributed by atoms with Crippen LogP contribution in [0.3, 0.4) is 0 Å². The summed E-state index contributed by atoms with van der Waals surface area (Å²) in [5.41, 5.74) is -0.788. The summed E-state index contributed by atoms with van der Waals surface area (Å²) in [6.45, 7) is 11.3. The SMILES string of the molecule is CCCCC(=O)C(C)CC(CCC(=O)OCCOc1ccccc1)C(=O)OCCOC(=O)C(C)(C)CCCC(CCCC(CC)N1CCCC1=O)N1CCCCCC1=O. The van der Waals surface area contributed by atoms with Gasteiger partial charge < -0.3 is 28.7 Å². The maximum Gasteiger partial charge on any atom is 0.311 e. The van der Waals surface area contributed by atoms with E-state index in [1.54, 1.807) is 6.92 Å². The second-order valence-electron chi connectivity index (χ2n) is 17.1. The molecular formula is C47H74N2O10. The normalized spacial score (nSPS) is 16.8. The first-order valence-electron chi connectivity index (χ1n) is 22.6. The second kappa shape index (κ2) is 27.0. The van der Waals surface area contributed by atoms with Crippen molar-refractivity contribution in [3.05, 3.63) is 30.3 Å². The summed E-state index contributed by atoms with van der Waals surface area (Å²) in [5.74, 6) is -1.25. The summed E-state index contributed by atoms with van der Waals surface area (Å²) < 4.78 is 22.0. The summed E-state index contributed by atoms with van der Waals surface area (Å²) in [6, 6.07) is 9.55. The molecule has 2 fully saturated rings. The van der Waals surface area contributed by atoms with Gasteiger partial charge in [-0.15, -0.1) is 0 Å². The van der Waals surface area contributed by atoms with Crippen molar-refractivity contribution in [2.24, 2.45) is 17.3 Å². The number of carbonyl (C=O) groups excluding carboxylic acids is 6. The Morgan fingerprint density at radius 2 is 1.36 bits per heavy atom. The number of unbranched alkanes of at least 4 members (excludes halogenated alkanes) is 1. The quantitative estimate of drug-likeness (QED) is 0.0438. The maximum atomic E-state index is 13.3. The second-order valence-corrected chi connectivity index (χ2v) is 17.1. The lowest BCUT2D eigenvalue weighted by atomic mass is 9.86. The van der Waals surface area contributed by atoms with Gasteiger partial charge in [0.15, 0.2) is 0 Å². The first kappa shape index (κ1) is 49.4. The van der Waals surface area contributed by atoms with E-state index >= 15 is 0 Å². The summed E-state index contributed by atoms with van der Waals surface area (Å²) in [6.07, 6.45) is 13.4. The van der Waals surface area contributed by atoms with Crippen molar-refractivity contribution in [2.45, 2.75) is 169 Å². The van der Waals surface area contributed by atoms with E-state index in [2.05, 4.69) is 11.8 Å². The molecule has 0 saturated carbocycles. The summed E-state index contributed by atoms with van der Waals surface area (Å²) in [7, 11) is 0. The molecule has 1 aromatic rings. The van der Waals surface area contributed by atoms with Gasteiger partial charge in [-0.05, 0) is 103 Å². The molecule has 59 heavy (non-hydrogen) atoms. The molecule has 4 atom stereocenters. The molecule has 12 heteroatoms. The van der Waals surface area contributed by atoms with Gasteiger partial charge >= 0.3 is 17.9 Å². The molecule has 0 aromatic heterocycles. The number of Topliss-reactive ketones (excluding diaryl/α,β-unsaturated/α-hetero) is 1. The number of amides is 2. The minimum Gasteiger partial charge on any atom is -0.490 e. The third-order valence-corrected chi connectivity index (χ3v) is 12.0. The number of rotatable bonds is 29. The Kier molecular flexibility index (Phi) is 22.6. The lowest BCUT2D eigenvalue weighted by Crippen LogP contribution is -2.41. The number of benzene rings is 1. The number of carbonyl (C=O) groups is 6. The average molecular weight is 827 g/mol. The number of likely N-dealkylation sites (tertiary alicyclic amines) is 2. The fourth-order valence-electron chi connectivity index (χ4n) is 8.23. The molecule has 1 aromatic carbocycles. The van der Waals surface area contributed by atoms with Crippen LogP contribution in [-0.2, 0) is 43.0 Å². The minimum atomic E-state index is -0.788.